The van der Waals surface area contributed by atoms with E-state index >= 15 is 0 Å². The summed E-state index contributed by atoms with van der Waals surface area (Å²) < 4.78 is 3.26. The molecule has 5 aromatic rings. The van der Waals surface area contributed by atoms with Crippen molar-refractivity contribution in [1.29, 1.82) is 0 Å². The summed E-state index contributed by atoms with van der Waals surface area (Å²) >= 11 is 5.92. The monoisotopic (exact) mass is 418 g/mol. The molecule has 0 aliphatic heterocycles. The smallest absolute Gasteiger partial charge is 0.259 e. The number of hydrogen-bond acceptors (Lipinski definition) is 4. The second kappa shape index (κ2) is 7.16. The summed E-state index contributed by atoms with van der Waals surface area (Å²) in [4.78, 5) is 27.8. The van der Waals surface area contributed by atoms with Gasteiger partial charge >= 0.3 is 0 Å². The van der Waals surface area contributed by atoms with Gasteiger partial charge in [0.15, 0.2) is 0 Å². The van der Waals surface area contributed by atoms with Gasteiger partial charge in [0, 0.05) is 23.3 Å². The fourth-order valence-corrected chi connectivity index (χ4v) is 3.43. The van der Waals surface area contributed by atoms with Crippen LogP contribution in [0, 0.1) is 0 Å². The zero-order valence-corrected chi connectivity index (χ0v) is 16.3. The van der Waals surface area contributed by atoms with Crippen molar-refractivity contribution in [3.05, 3.63) is 93.6 Å². The molecule has 2 aromatic carbocycles. The van der Waals surface area contributed by atoms with E-state index in [1.54, 1.807) is 45.7 Å². The predicted octanol–water partition coefficient (Wildman–Crippen LogP) is 2.94. The highest BCUT2D eigenvalue weighted by Crippen LogP contribution is 2.15. The maximum Gasteiger partial charge on any atom is 0.259 e. The lowest BCUT2D eigenvalue weighted by Crippen LogP contribution is -2.23. The Kier molecular flexibility index (Phi) is 4.33. The number of carbonyl (C=O) groups is 1. The Bertz CT molecular complexity index is 1450. The van der Waals surface area contributed by atoms with Crippen LogP contribution in [0.2, 0.25) is 5.02 Å². The maximum absolute atomic E-state index is 12.7. The van der Waals surface area contributed by atoms with E-state index < -0.39 is 0 Å². The molecule has 1 amide bonds. The van der Waals surface area contributed by atoms with Gasteiger partial charge in [0.05, 0.1) is 29.0 Å². The van der Waals surface area contributed by atoms with E-state index in [2.05, 4.69) is 20.5 Å². The SMILES string of the molecule is O=C(NCc1cnn(-c2ccc(Cl)cc2)c1)c1cnn2c1[nH]c(=O)c1ccccc12. The molecule has 9 heteroatoms. The first-order valence-electron chi connectivity index (χ1n) is 9.16. The Morgan fingerprint density at radius 1 is 1.07 bits per heavy atom. The first-order valence-corrected chi connectivity index (χ1v) is 9.54. The van der Waals surface area contributed by atoms with Gasteiger partial charge < -0.3 is 10.3 Å². The third kappa shape index (κ3) is 3.13. The molecule has 5 rings (SSSR count). The number of benzene rings is 2. The molecule has 0 radical (unpaired) electrons. The minimum Gasteiger partial charge on any atom is -0.348 e. The van der Waals surface area contributed by atoms with Gasteiger partial charge in [-0.15, -0.1) is 0 Å². The van der Waals surface area contributed by atoms with Crippen molar-refractivity contribution in [3.8, 4) is 5.69 Å². The number of H-pyrrole nitrogens is 1. The lowest BCUT2D eigenvalue weighted by Gasteiger charge is -2.04. The molecule has 148 valence electrons. The lowest BCUT2D eigenvalue weighted by molar-refractivity contribution is 0.0952. The van der Waals surface area contributed by atoms with E-state index in [-0.39, 0.29) is 18.0 Å². The van der Waals surface area contributed by atoms with Gasteiger partial charge in [-0.25, -0.2) is 9.20 Å². The fraction of sp³-hybridized carbons (Fsp3) is 0.0476. The van der Waals surface area contributed by atoms with Gasteiger partial charge in [-0.2, -0.15) is 10.2 Å². The van der Waals surface area contributed by atoms with Crippen LogP contribution in [-0.2, 0) is 6.54 Å². The molecular weight excluding hydrogens is 404 g/mol. The summed E-state index contributed by atoms with van der Waals surface area (Å²) in [6.07, 6.45) is 4.96. The number of nitrogens with zero attached hydrogens (tertiary/aromatic N) is 4. The molecule has 30 heavy (non-hydrogen) atoms. The zero-order chi connectivity index (χ0) is 20.7. The number of nitrogens with one attached hydrogen (secondary N) is 2. The molecule has 0 saturated heterocycles. The van der Waals surface area contributed by atoms with Gasteiger partial charge in [-0.05, 0) is 36.4 Å². The van der Waals surface area contributed by atoms with Gasteiger partial charge in [-0.1, -0.05) is 23.7 Å². The maximum atomic E-state index is 12.7. The molecule has 0 spiro atoms. The van der Waals surface area contributed by atoms with Crippen LogP contribution < -0.4 is 10.9 Å². The molecule has 0 aliphatic rings. The third-order valence-electron chi connectivity index (χ3n) is 4.80. The van der Waals surface area contributed by atoms with Crippen LogP contribution in [0.1, 0.15) is 15.9 Å². The topological polar surface area (TPSA) is 97.1 Å². The number of aromatic nitrogens is 5. The number of amides is 1. The second-order valence-electron chi connectivity index (χ2n) is 6.74. The summed E-state index contributed by atoms with van der Waals surface area (Å²) in [7, 11) is 0. The molecule has 0 atom stereocenters. The average Bonchev–Trinajstić information content (AvgIpc) is 3.40. The molecule has 3 heterocycles. The van der Waals surface area contributed by atoms with Crippen LogP contribution in [0.25, 0.3) is 22.2 Å². The normalized spacial score (nSPS) is 11.2. The van der Waals surface area contributed by atoms with Crippen LogP contribution in [0.5, 0.6) is 0 Å². The van der Waals surface area contributed by atoms with E-state index in [1.165, 1.54) is 6.20 Å². The largest absolute Gasteiger partial charge is 0.348 e. The van der Waals surface area contributed by atoms with Crippen molar-refractivity contribution in [2.45, 2.75) is 6.54 Å². The first kappa shape index (κ1) is 18.1. The van der Waals surface area contributed by atoms with Crippen LogP contribution in [0.15, 0.2) is 71.9 Å². The third-order valence-corrected chi connectivity index (χ3v) is 5.05. The van der Waals surface area contributed by atoms with Gasteiger partial charge in [-0.3, -0.25) is 9.59 Å². The Hall–Kier alpha value is -3.91. The quantitative estimate of drug-likeness (QED) is 0.469. The molecule has 0 unspecified atom stereocenters. The lowest BCUT2D eigenvalue weighted by atomic mass is 10.2. The summed E-state index contributed by atoms with van der Waals surface area (Å²) in [5, 5.41) is 12.6. The van der Waals surface area contributed by atoms with Crippen LogP contribution in [-0.4, -0.2) is 30.3 Å². The second-order valence-corrected chi connectivity index (χ2v) is 7.18. The Morgan fingerprint density at radius 2 is 1.87 bits per heavy atom. The van der Waals surface area contributed by atoms with E-state index in [4.69, 9.17) is 11.6 Å². The Morgan fingerprint density at radius 3 is 2.70 bits per heavy atom. The highest BCUT2D eigenvalue weighted by atomic mass is 35.5. The molecule has 0 fully saturated rings. The number of aromatic amines is 1. The van der Waals surface area contributed by atoms with Crippen LogP contribution >= 0.6 is 11.6 Å². The number of para-hydroxylation sites is 1. The van der Waals surface area contributed by atoms with E-state index in [0.29, 0.717) is 27.1 Å². The van der Waals surface area contributed by atoms with Gasteiger partial charge in [0.2, 0.25) is 0 Å². The fourth-order valence-electron chi connectivity index (χ4n) is 3.31. The summed E-state index contributed by atoms with van der Waals surface area (Å²) in [6, 6.07) is 14.4. The van der Waals surface area contributed by atoms with Crippen molar-refractivity contribution in [3.63, 3.8) is 0 Å². The number of hydrogen-bond donors (Lipinski definition) is 2. The number of rotatable bonds is 4. The minimum atomic E-state index is -0.338. The Balaban J connectivity index is 1.38. The number of carbonyl (C=O) groups excluding carboxylic acids is 1. The van der Waals surface area contributed by atoms with Crippen molar-refractivity contribution in [2.75, 3.05) is 0 Å². The van der Waals surface area contributed by atoms with Crippen molar-refractivity contribution < 1.29 is 4.79 Å². The van der Waals surface area contributed by atoms with Crippen molar-refractivity contribution >= 4 is 34.1 Å². The molecule has 0 aliphatic carbocycles. The van der Waals surface area contributed by atoms with E-state index in [9.17, 15) is 9.59 Å². The molecule has 2 N–H and O–H groups in total. The van der Waals surface area contributed by atoms with Crippen LogP contribution in [0.4, 0.5) is 0 Å². The average molecular weight is 419 g/mol. The van der Waals surface area contributed by atoms with Crippen LogP contribution in [0.3, 0.4) is 0 Å². The summed E-state index contributed by atoms with van der Waals surface area (Å²) in [5.41, 5.74) is 2.71. The van der Waals surface area contributed by atoms with Crippen molar-refractivity contribution in [2.24, 2.45) is 0 Å². The van der Waals surface area contributed by atoms with E-state index in [1.807, 2.05) is 24.4 Å². The van der Waals surface area contributed by atoms with E-state index in [0.717, 1.165) is 11.3 Å². The standard InChI is InChI=1S/C21H15ClN6O2/c22-14-5-7-15(8-6-14)27-12-13(10-24-27)9-23-20(29)17-11-25-28-18-4-2-1-3-16(18)21(30)26-19(17)28/h1-8,10-12H,9H2,(H,23,29)(H,26,30). The van der Waals surface area contributed by atoms with Crippen molar-refractivity contribution in [1.82, 2.24) is 29.7 Å². The molecule has 0 bridgehead atoms. The zero-order valence-electron chi connectivity index (χ0n) is 15.5. The Labute approximate surface area is 174 Å². The van der Waals surface area contributed by atoms with Gasteiger partial charge in [0.1, 0.15) is 11.2 Å². The highest BCUT2D eigenvalue weighted by Gasteiger charge is 2.16. The molecular formula is C21H15ClN6O2. The summed E-state index contributed by atoms with van der Waals surface area (Å²) in [5.74, 6) is -0.338. The predicted molar refractivity (Wildman–Crippen MR) is 113 cm³/mol. The minimum absolute atomic E-state index is 0.267. The molecule has 8 nitrogen and oxygen atoms in total. The van der Waals surface area contributed by atoms with Gasteiger partial charge in [0.25, 0.3) is 11.5 Å². The first-order chi connectivity index (χ1) is 14.6. The molecule has 0 saturated carbocycles. The number of halogens is 1. The number of fused-ring (bicyclic) bond motifs is 3. The highest BCUT2D eigenvalue weighted by molar-refractivity contribution is 6.30. The molecule has 3 aromatic heterocycles. The summed E-state index contributed by atoms with van der Waals surface area (Å²) in [6.45, 7) is 0.279.